The standard InChI is InChI=1S/C25H35N3O2S/c1-4-21-19-28(18-16-24(21)22-9-7-6-8-10-22)25(26-5-2)27-17-15-20-11-13-23(14-12-20)31(3,29)30/h6-14,21,24H,4-5,15-19H2,1-3H3,(H,26,27). The molecule has 2 unspecified atom stereocenters. The second-order valence-corrected chi connectivity index (χ2v) is 10.3. The number of rotatable bonds is 7. The highest BCUT2D eigenvalue weighted by Crippen LogP contribution is 2.34. The minimum Gasteiger partial charge on any atom is -0.357 e. The third-order valence-corrected chi connectivity index (χ3v) is 7.26. The number of guanidine groups is 1. The van der Waals surface area contributed by atoms with Crippen LogP contribution < -0.4 is 5.32 Å². The van der Waals surface area contributed by atoms with Crippen molar-refractivity contribution >= 4 is 15.8 Å². The van der Waals surface area contributed by atoms with Crippen LogP contribution in [0.4, 0.5) is 0 Å². The van der Waals surface area contributed by atoms with E-state index in [1.54, 1.807) is 12.1 Å². The third kappa shape index (κ3) is 6.33. The summed E-state index contributed by atoms with van der Waals surface area (Å²) in [4.78, 5) is 7.65. The van der Waals surface area contributed by atoms with Gasteiger partial charge in [-0.3, -0.25) is 4.99 Å². The Morgan fingerprint density at radius 3 is 2.42 bits per heavy atom. The number of hydrogen-bond acceptors (Lipinski definition) is 3. The number of hydrogen-bond donors (Lipinski definition) is 1. The Bertz CT molecular complexity index is 956. The molecule has 2 aromatic carbocycles. The van der Waals surface area contributed by atoms with Crippen LogP contribution in [0.1, 0.15) is 43.7 Å². The lowest BCUT2D eigenvalue weighted by molar-refractivity contribution is 0.215. The summed E-state index contributed by atoms with van der Waals surface area (Å²) in [6.07, 6.45) is 4.32. The van der Waals surface area contributed by atoms with Crippen molar-refractivity contribution in [3.05, 3.63) is 65.7 Å². The highest BCUT2D eigenvalue weighted by molar-refractivity contribution is 7.90. The summed E-state index contributed by atoms with van der Waals surface area (Å²) in [5, 5.41) is 3.46. The average Bonchev–Trinajstić information content (AvgIpc) is 2.78. The molecule has 0 spiro atoms. The molecule has 0 saturated carbocycles. The summed E-state index contributed by atoms with van der Waals surface area (Å²) in [7, 11) is -3.15. The van der Waals surface area contributed by atoms with Gasteiger partial charge in [0.25, 0.3) is 0 Å². The molecule has 1 heterocycles. The van der Waals surface area contributed by atoms with Crippen molar-refractivity contribution in [3.8, 4) is 0 Å². The Morgan fingerprint density at radius 1 is 1.10 bits per heavy atom. The maximum atomic E-state index is 11.6. The van der Waals surface area contributed by atoms with E-state index in [0.29, 0.717) is 23.3 Å². The van der Waals surface area contributed by atoms with Crippen LogP contribution in [0.3, 0.4) is 0 Å². The van der Waals surface area contributed by atoms with Crippen LogP contribution in [-0.4, -0.2) is 51.7 Å². The normalized spacial score (nSPS) is 20.0. The SMILES string of the molecule is CCNC(=NCCc1ccc(S(C)(=O)=O)cc1)N1CCC(c2ccccc2)C(CC)C1. The molecule has 0 radical (unpaired) electrons. The predicted molar refractivity (Wildman–Crippen MR) is 128 cm³/mol. The van der Waals surface area contributed by atoms with Crippen molar-refractivity contribution in [2.24, 2.45) is 10.9 Å². The van der Waals surface area contributed by atoms with Gasteiger partial charge in [0, 0.05) is 32.4 Å². The summed E-state index contributed by atoms with van der Waals surface area (Å²) in [5.41, 5.74) is 2.55. The van der Waals surface area contributed by atoms with Crippen molar-refractivity contribution in [1.82, 2.24) is 10.2 Å². The third-order valence-electron chi connectivity index (χ3n) is 6.13. The van der Waals surface area contributed by atoms with Gasteiger partial charge in [0.2, 0.25) is 0 Å². The lowest BCUT2D eigenvalue weighted by Gasteiger charge is -2.40. The van der Waals surface area contributed by atoms with Crippen molar-refractivity contribution < 1.29 is 8.42 Å². The lowest BCUT2D eigenvalue weighted by atomic mass is 9.79. The van der Waals surface area contributed by atoms with Gasteiger partial charge >= 0.3 is 0 Å². The Hall–Kier alpha value is -2.34. The Labute approximate surface area is 187 Å². The molecule has 1 saturated heterocycles. The molecule has 31 heavy (non-hydrogen) atoms. The van der Waals surface area contributed by atoms with Crippen molar-refractivity contribution in [1.29, 1.82) is 0 Å². The number of benzene rings is 2. The van der Waals surface area contributed by atoms with Gasteiger partial charge < -0.3 is 10.2 Å². The van der Waals surface area contributed by atoms with E-state index in [0.717, 1.165) is 50.4 Å². The smallest absolute Gasteiger partial charge is 0.193 e. The quantitative estimate of drug-likeness (QED) is 0.519. The molecule has 168 valence electrons. The van der Waals surface area contributed by atoms with E-state index in [9.17, 15) is 8.42 Å². The molecule has 0 aliphatic carbocycles. The van der Waals surface area contributed by atoms with Crippen LogP contribution in [-0.2, 0) is 16.3 Å². The minimum absolute atomic E-state index is 0.361. The van der Waals surface area contributed by atoms with E-state index in [1.165, 1.54) is 11.8 Å². The molecule has 2 aromatic rings. The van der Waals surface area contributed by atoms with Crippen LogP contribution in [0.15, 0.2) is 64.5 Å². The summed E-state index contributed by atoms with van der Waals surface area (Å²) >= 11 is 0. The molecule has 3 rings (SSSR count). The van der Waals surface area contributed by atoms with Gasteiger partial charge in [-0.2, -0.15) is 0 Å². The fraction of sp³-hybridized carbons (Fsp3) is 0.480. The van der Waals surface area contributed by atoms with Crippen molar-refractivity contribution in [2.45, 2.75) is 43.9 Å². The number of nitrogens with zero attached hydrogens (tertiary/aromatic N) is 2. The first-order valence-electron chi connectivity index (χ1n) is 11.3. The zero-order valence-electron chi connectivity index (χ0n) is 18.9. The highest BCUT2D eigenvalue weighted by Gasteiger charge is 2.30. The average molecular weight is 442 g/mol. The zero-order valence-corrected chi connectivity index (χ0v) is 19.7. The fourth-order valence-corrected chi connectivity index (χ4v) is 5.03. The molecule has 2 atom stereocenters. The molecule has 1 aliphatic rings. The first-order valence-corrected chi connectivity index (χ1v) is 13.2. The van der Waals surface area contributed by atoms with Gasteiger partial charge in [-0.05, 0) is 54.9 Å². The Kier molecular flexibility index (Phi) is 8.13. The molecule has 5 nitrogen and oxygen atoms in total. The number of sulfone groups is 1. The summed E-state index contributed by atoms with van der Waals surface area (Å²) in [5.74, 6) is 2.21. The van der Waals surface area contributed by atoms with E-state index in [4.69, 9.17) is 4.99 Å². The van der Waals surface area contributed by atoms with Gasteiger partial charge in [0.1, 0.15) is 0 Å². The topological polar surface area (TPSA) is 61.8 Å². The van der Waals surface area contributed by atoms with Crippen molar-refractivity contribution in [2.75, 3.05) is 32.4 Å². The van der Waals surface area contributed by atoms with E-state index >= 15 is 0 Å². The van der Waals surface area contributed by atoms with Crippen LogP contribution in [0, 0.1) is 5.92 Å². The van der Waals surface area contributed by atoms with E-state index in [-0.39, 0.29) is 0 Å². The van der Waals surface area contributed by atoms with Crippen LogP contribution in [0.2, 0.25) is 0 Å². The zero-order chi connectivity index (χ0) is 22.3. The van der Waals surface area contributed by atoms with Crippen LogP contribution in [0.25, 0.3) is 0 Å². The highest BCUT2D eigenvalue weighted by atomic mass is 32.2. The van der Waals surface area contributed by atoms with Gasteiger partial charge in [0.05, 0.1) is 4.90 Å². The van der Waals surface area contributed by atoms with Crippen LogP contribution in [0.5, 0.6) is 0 Å². The summed E-state index contributed by atoms with van der Waals surface area (Å²) in [6, 6.07) is 18.0. The molecule has 6 heteroatoms. The van der Waals surface area contributed by atoms with Gasteiger partial charge in [-0.1, -0.05) is 55.8 Å². The number of nitrogens with one attached hydrogen (secondary N) is 1. The first-order chi connectivity index (χ1) is 14.9. The second-order valence-electron chi connectivity index (χ2n) is 8.32. The molecule has 1 fully saturated rings. The molecular weight excluding hydrogens is 406 g/mol. The van der Waals surface area contributed by atoms with Gasteiger partial charge in [-0.25, -0.2) is 8.42 Å². The number of likely N-dealkylation sites (tertiary alicyclic amines) is 1. The second kappa shape index (κ2) is 10.8. The van der Waals surface area contributed by atoms with Crippen molar-refractivity contribution in [3.63, 3.8) is 0 Å². The van der Waals surface area contributed by atoms with Crippen LogP contribution >= 0.6 is 0 Å². The maximum Gasteiger partial charge on any atom is 0.193 e. The largest absolute Gasteiger partial charge is 0.357 e. The molecule has 0 bridgehead atoms. The Morgan fingerprint density at radius 2 is 1.81 bits per heavy atom. The van der Waals surface area contributed by atoms with E-state index in [2.05, 4.69) is 54.4 Å². The van der Waals surface area contributed by atoms with E-state index in [1.807, 2.05) is 12.1 Å². The number of aliphatic imine (C=N–C) groups is 1. The van der Waals surface area contributed by atoms with Gasteiger partial charge in [0.15, 0.2) is 15.8 Å². The summed E-state index contributed by atoms with van der Waals surface area (Å²) in [6.45, 7) is 7.94. The summed E-state index contributed by atoms with van der Waals surface area (Å²) < 4.78 is 23.2. The molecule has 1 aliphatic heterocycles. The Balaban J connectivity index is 1.64. The van der Waals surface area contributed by atoms with Gasteiger partial charge in [-0.15, -0.1) is 0 Å². The molecular formula is C25H35N3O2S. The predicted octanol–water partition coefficient (Wildman–Crippen LogP) is 4.11. The minimum atomic E-state index is -3.15. The molecule has 0 aromatic heterocycles. The fourth-order valence-electron chi connectivity index (χ4n) is 4.40. The monoisotopic (exact) mass is 441 g/mol. The number of piperidine rings is 1. The lowest BCUT2D eigenvalue weighted by Crippen LogP contribution is -2.48. The van der Waals surface area contributed by atoms with E-state index < -0.39 is 9.84 Å². The molecule has 0 amide bonds. The first kappa shape index (κ1) is 23.3. The maximum absolute atomic E-state index is 11.6. The molecule has 1 N–H and O–H groups in total.